The van der Waals surface area contributed by atoms with Gasteiger partial charge in [0.25, 0.3) is 0 Å². The molecule has 6 atom stereocenters. The summed E-state index contributed by atoms with van der Waals surface area (Å²) < 4.78 is 0. The molecule has 0 saturated carbocycles. The SMILES string of the molecule is CC1=C[C@@H]2c3cc(c(O)cc3O)C(=O)[C@@H]3[C@H](C=C(C)C[C@H]3c3ccc(O)cc3O)c3cc(c(O)cc3O)C(=O)[C@H]2[C@H](c2ccc(O)cc2O)C1. The molecule has 0 aromatic heterocycles. The lowest BCUT2D eigenvalue weighted by Gasteiger charge is -2.39. The quantitative estimate of drug-likeness (QED) is 0.102. The number of benzene rings is 4. The van der Waals surface area contributed by atoms with E-state index in [9.17, 15) is 50.4 Å². The average Bonchev–Trinajstić information content (AvgIpc) is 3.03. The molecule has 3 aliphatic rings. The molecule has 50 heavy (non-hydrogen) atoms. The smallest absolute Gasteiger partial charge is 0.171 e. The van der Waals surface area contributed by atoms with Gasteiger partial charge in [0.15, 0.2) is 11.6 Å². The lowest BCUT2D eigenvalue weighted by molar-refractivity contribution is 0.0876. The minimum atomic E-state index is -1.07. The fourth-order valence-corrected chi connectivity index (χ4v) is 8.44. The van der Waals surface area contributed by atoms with Crippen molar-refractivity contribution in [3.05, 3.63) is 117 Å². The van der Waals surface area contributed by atoms with E-state index in [1.165, 1.54) is 48.5 Å². The van der Waals surface area contributed by atoms with Crippen LogP contribution in [0, 0.1) is 11.8 Å². The zero-order valence-electron chi connectivity index (χ0n) is 27.2. The van der Waals surface area contributed by atoms with Crippen molar-refractivity contribution in [3.8, 4) is 46.0 Å². The number of fused-ring (bicyclic) bond motifs is 8. The van der Waals surface area contributed by atoms with E-state index < -0.39 is 58.6 Å². The maximum atomic E-state index is 14.9. The van der Waals surface area contributed by atoms with Crippen LogP contribution < -0.4 is 0 Å². The number of aromatic hydroxyl groups is 8. The summed E-state index contributed by atoms with van der Waals surface area (Å²) in [6.45, 7) is 3.66. The van der Waals surface area contributed by atoms with Gasteiger partial charge in [-0.3, -0.25) is 9.59 Å². The Labute approximate surface area is 287 Å². The van der Waals surface area contributed by atoms with E-state index in [2.05, 4.69) is 0 Å². The van der Waals surface area contributed by atoms with Crippen molar-refractivity contribution in [3.63, 3.8) is 0 Å². The molecule has 8 N–H and O–H groups in total. The normalized spacial score (nSPS) is 24.6. The standard InChI is InChI=1S/C40H36O10/c1-17-7-25(21-5-3-19(41)11-31(21)43)37-27(9-17)23-13-29(35(47)15-33(23)45)40(50)38-26(22-6-4-20(42)12-32(22)44)8-18(2)10-28(38)24-14-30(39(37)49)36(48)16-34(24)46/h3-6,9-16,25-28,37-38,41-48H,7-8H2,1-2H3/t25-,26-,27+,28+,37-,38-/m0/s1. The van der Waals surface area contributed by atoms with Crippen LogP contribution in [0.15, 0.2) is 84.0 Å². The van der Waals surface area contributed by atoms with Gasteiger partial charge in [-0.2, -0.15) is 0 Å². The third kappa shape index (κ3) is 5.28. The van der Waals surface area contributed by atoms with E-state index in [4.69, 9.17) is 0 Å². The molecule has 4 aromatic carbocycles. The zero-order chi connectivity index (χ0) is 35.8. The second kappa shape index (κ2) is 11.9. The van der Waals surface area contributed by atoms with Crippen LogP contribution in [0.1, 0.15) is 93.3 Å². The van der Waals surface area contributed by atoms with E-state index in [1.807, 2.05) is 13.8 Å². The fourth-order valence-electron chi connectivity index (χ4n) is 8.44. The summed E-state index contributed by atoms with van der Waals surface area (Å²) in [4.78, 5) is 29.8. The molecule has 3 aliphatic carbocycles. The number of carbonyl (C=O) groups excluding carboxylic acids is 2. The summed E-state index contributed by atoms with van der Waals surface area (Å²) in [5.74, 6) is -9.18. The van der Waals surface area contributed by atoms with Crippen molar-refractivity contribution in [2.45, 2.75) is 50.4 Å². The summed E-state index contributed by atoms with van der Waals surface area (Å²) in [6.07, 6.45) is 4.17. The van der Waals surface area contributed by atoms with Crippen LogP contribution in [-0.2, 0) is 0 Å². The van der Waals surface area contributed by atoms with Gasteiger partial charge < -0.3 is 40.9 Å². The molecule has 0 radical (unpaired) electrons. The Balaban J connectivity index is 1.53. The van der Waals surface area contributed by atoms with Gasteiger partial charge >= 0.3 is 0 Å². The average molecular weight is 677 g/mol. The van der Waals surface area contributed by atoms with Crippen LogP contribution in [0.5, 0.6) is 46.0 Å². The summed E-state index contributed by atoms with van der Waals surface area (Å²) in [5.41, 5.74) is 2.33. The van der Waals surface area contributed by atoms with E-state index in [0.717, 1.165) is 23.3 Å². The molecule has 0 spiro atoms. The predicted molar refractivity (Wildman–Crippen MR) is 182 cm³/mol. The number of rotatable bonds is 2. The topological polar surface area (TPSA) is 196 Å². The number of allylic oxidation sites excluding steroid dienone is 4. The first kappa shape index (κ1) is 32.6. The highest BCUT2D eigenvalue weighted by atomic mass is 16.3. The van der Waals surface area contributed by atoms with E-state index >= 15 is 0 Å². The molecule has 0 fully saturated rings. The largest absolute Gasteiger partial charge is 0.508 e. The first-order valence-electron chi connectivity index (χ1n) is 16.3. The minimum absolute atomic E-state index is 0.144. The van der Waals surface area contributed by atoms with Crippen LogP contribution in [0.4, 0.5) is 0 Å². The van der Waals surface area contributed by atoms with E-state index in [0.29, 0.717) is 24.0 Å². The number of phenolic OH excluding ortho intramolecular Hbond substituents is 8. The number of ketones is 2. The van der Waals surface area contributed by atoms with Crippen molar-refractivity contribution in [1.82, 2.24) is 0 Å². The zero-order valence-corrected chi connectivity index (χ0v) is 27.2. The van der Waals surface area contributed by atoms with Crippen molar-refractivity contribution in [1.29, 1.82) is 0 Å². The van der Waals surface area contributed by atoms with Crippen LogP contribution in [0.2, 0.25) is 0 Å². The number of phenols is 8. The Morgan fingerprint density at radius 1 is 0.460 bits per heavy atom. The van der Waals surface area contributed by atoms with Crippen molar-refractivity contribution < 1.29 is 50.4 Å². The van der Waals surface area contributed by atoms with Gasteiger partial charge in [-0.1, -0.05) is 35.4 Å². The summed E-state index contributed by atoms with van der Waals surface area (Å²) >= 11 is 0. The second-order valence-electron chi connectivity index (χ2n) is 13.8. The van der Waals surface area contributed by atoms with Gasteiger partial charge in [-0.05, 0) is 62.1 Å². The van der Waals surface area contributed by atoms with Crippen molar-refractivity contribution in [2.75, 3.05) is 0 Å². The van der Waals surface area contributed by atoms with Crippen LogP contribution >= 0.6 is 0 Å². The summed E-state index contributed by atoms with van der Waals surface area (Å²) in [5, 5.41) is 87.2. The maximum absolute atomic E-state index is 14.9. The predicted octanol–water partition coefficient (Wildman–Crippen LogP) is 7.08. The van der Waals surface area contributed by atoms with Gasteiger partial charge in [-0.25, -0.2) is 0 Å². The molecule has 4 bridgehead atoms. The second-order valence-corrected chi connectivity index (χ2v) is 13.8. The van der Waals surface area contributed by atoms with Crippen LogP contribution in [0.25, 0.3) is 0 Å². The molecule has 0 saturated heterocycles. The van der Waals surface area contributed by atoms with Gasteiger partial charge in [-0.15, -0.1) is 0 Å². The minimum Gasteiger partial charge on any atom is -0.508 e. The highest BCUT2D eigenvalue weighted by Gasteiger charge is 2.46. The molecule has 256 valence electrons. The monoisotopic (exact) mass is 676 g/mol. The Morgan fingerprint density at radius 2 is 0.820 bits per heavy atom. The van der Waals surface area contributed by atoms with Crippen molar-refractivity contribution >= 4 is 11.6 Å². The van der Waals surface area contributed by atoms with Gasteiger partial charge in [0.1, 0.15) is 46.0 Å². The van der Waals surface area contributed by atoms with Crippen LogP contribution in [-0.4, -0.2) is 52.4 Å². The molecule has 0 heterocycles. The lowest BCUT2D eigenvalue weighted by atomic mass is 9.63. The number of carbonyl (C=O) groups is 2. The molecule has 0 unspecified atom stereocenters. The number of Topliss-reactive ketones (excluding diaryl/α,β-unsaturated/α-hetero) is 2. The van der Waals surface area contributed by atoms with Gasteiger partial charge in [0.05, 0.1) is 11.1 Å². The molecule has 10 heteroatoms. The van der Waals surface area contributed by atoms with Gasteiger partial charge in [0.2, 0.25) is 0 Å². The molecule has 0 aliphatic heterocycles. The third-order valence-electron chi connectivity index (χ3n) is 10.6. The fraction of sp³-hybridized carbons (Fsp3) is 0.250. The van der Waals surface area contributed by atoms with E-state index in [1.54, 1.807) is 12.2 Å². The van der Waals surface area contributed by atoms with Crippen LogP contribution in [0.3, 0.4) is 0 Å². The molecule has 7 rings (SSSR count). The highest BCUT2D eigenvalue weighted by Crippen LogP contribution is 2.55. The Morgan fingerprint density at radius 3 is 1.18 bits per heavy atom. The molecular weight excluding hydrogens is 640 g/mol. The Bertz CT molecular complexity index is 2010. The first-order chi connectivity index (χ1) is 23.7. The third-order valence-corrected chi connectivity index (χ3v) is 10.6. The Hall–Kier alpha value is -5.90. The molecule has 0 amide bonds. The summed E-state index contributed by atoms with van der Waals surface area (Å²) in [7, 11) is 0. The molecular formula is C40H36O10. The Kier molecular flexibility index (Phi) is 7.77. The summed E-state index contributed by atoms with van der Waals surface area (Å²) in [6, 6.07) is 13.0. The van der Waals surface area contributed by atoms with Gasteiger partial charge in [0, 0.05) is 70.9 Å². The first-order valence-corrected chi connectivity index (χ1v) is 16.3. The number of hydrogen-bond acceptors (Lipinski definition) is 10. The number of hydrogen-bond donors (Lipinski definition) is 8. The lowest BCUT2D eigenvalue weighted by Crippen LogP contribution is -2.34. The molecule has 4 aromatic rings. The highest BCUT2D eigenvalue weighted by molar-refractivity contribution is 6.04. The van der Waals surface area contributed by atoms with Crippen molar-refractivity contribution in [2.24, 2.45) is 11.8 Å². The maximum Gasteiger partial charge on any atom is 0.171 e. The molecule has 10 nitrogen and oxygen atoms in total. The van der Waals surface area contributed by atoms with E-state index in [-0.39, 0.29) is 56.8 Å².